The van der Waals surface area contributed by atoms with Gasteiger partial charge in [-0.2, -0.15) is 5.10 Å². The molecule has 5 rings (SSSR count). The van der Waals surface area contributed by atoms with Crippen molar-refractivity contribution in [3.8, 4) is 5.69 Å². The van der Waals surface area contributed by atoms with E-state index < -0.39 is 0 Å². The number of fused-ring (bicyclic) bond motifs is 1. The summed E-state index contributed by atoms with van der Waals surface area (Å²) in [6.07, 6.45) is 4.82. The Balaban J connectivity index is 1.36. The van der Waals surface area contributed by atoms with E-state index >= 15 is 0 Å². The predicted molar refractivity (Wildman–Crippen MR) is 118 cm³/mol. The van der Waals surface area contributed by atoms with Gasteiger partial charge in [0.2, 0.25) is 0 Å². The van der Waals surface area contributed by atoms with Crippen molar-refractivity contribution in [1.82, 2.24) is 20.1 Å². The van der Waals surface area contributed by atoms with Crippen LogP contribution in [0.4, 0.5) is 11.5 Å². The fourth-order valence-corrected chi connectivity index (χ4v) is 4.36. The van der Waals surface area contributed by atoms with Gasteiger partial charge in [-0.25, -0.2) is 9.67 Å². The number of carbonyl (C=O) groups excluding carboxylic acids is 1. The highest BCUT2D eigenvalue weighted by Gasteiger charge is 2.33. The van der Waals surface area contributed by atoms with E-state index in [1.807, 2.05) is 43.6 Å². The first-order chi connectivity index (χ1) is 14.5. The van der Waals surface area contributed by atoms with E-state index in [0.717, 1.165) is 47.8 Å². The van der Waals surface area contributed by atoms with E-state index in [1.165, 1.54) is 0 Å². The van der Waals surface area contributed by atoms with Gasteiger partial charge in [0, 0.05) is 35.9 Å². The number of aryl methyl sites for hydroxylation is 1. The van der Waals surface area contributed by atoms with Gasteiger partial charge in [-0.1, -0.05) is 11.6 Å². The molecule has 0 spiro atoms. The molecule has 1 atom stereocenters. The van der Waals surface area contributed by atoms with Crippen molar-refractivity contribution in [2.45, 2.75) is 25.9 Å². The second-order valence-corrected chi connectivity index (χ2v) is 8.31. The third-order valence-corrected chi connectivity index (χ3v) is 6.15. The fourth-order valence-electron chi connectivity index (χ4n) is 4.23. The molecule has 0 saturated carbocycles. The number of carbonyl (C=O) groups is 1. The summed E-state index contributed by atoms with van der Waals surface area (Å²) in [6.45, 7) is 4.49. The fraction of sp³-hybridized carbons (Fsp3) is 0.318. The average molecular weight is 423 g/mol. The van der Waals surface area contributed by atoms with Crippen LogP contribution in [0.1, 0.15) is 28.0 Å². The number of benzene rings is 1. The van der Waals surface area contributed by atoms with E-state index in [4.69, 9.17) is 16.6 Å². The van der Waals surface area contributed by atoms with Gasteiger partial charge in [-0.05, 0) is 56.3 Å². The van der Waals surface area contributed by atoms with Crippen molar-refractivity contribution in [1.29, 1.82) is 0 Å². The standard InChI is InChI=1S/C22H23ClN6O/c1-14-9-19(10-25-21(14)27-8-7-17(13-27)24-2)28-11-15-12-29(26-20(15)22(28)30)18-5-3-16(23)4-6-18/h3-6,9-10,12,17,24H,7-8,11,13H2,1-2H3/t17-/m0/s1. The second kappa shape index (κ2) is 7.41. The normalized spacial score (nSPS) is 18.4. The van der Waals surface area contributed by atoms with E-state index in [9.17, 15) is 4.79 Å². The van der Waals surface area contributed by atoms with Gasteiger partial charge in [0.25, 0.3) is 5.91 Å². The highest BCUT2D eigenvalue weighted by molar-refractivity contribution is 6.30. The number of hydrogen-bond donors (Lipinski definition) is 1. The number of likely N-dealkylation sites (N-methyl/N-ethyl adjacent to an activating group) is 1. The van der Waals surface area contributed by atoms with E-state index in [0.29, 0.717) is 23.3 Å². The lowest BCUT2D eigenvalue weighted by Crippen LogP contribution is -2.30. The summed E-state index contributed by atoms with van der Waals surface area (Å²) in [4.78, 5) is 21.8. The summed E-state index contributed by atoms with van der Waals surface area (Å²) in [5, 5.41) is 8.52. The summed E-state index contributed by atoms with van der Waals surface area (Å²) in [7, 11) is 2.00. The number of aromatic nitrogens is 3. The number of pyridine rings is 1. The lowest BCUT2D eigenvalue weighted by atomic mass is 10.2. The first-order valence-electron chi connectivity index (χ1n) is 10.1. The van der Waals surface area contributed by atoms with Crippen molar-refractivity contribution in [2.24, 2.45) is 0 Å². The molecule has 0 radical (unpaired) electrons. The molecule has 154 valence electrons. The van der Waals surface area contributed by atoms with Gasteiger partial charge in [0.05, 0.1) is 24.1 Å². The number of nitrogens with zero attached hydrogens (tertiary/aromatic N) is 5. The summed E-state index contributed by atoms with van der Waals surface area (Å²) in [6, 6.07) is 9.94. The minimum Gasteiger partial charge on any atom is -0.355 e. The molecule has 3 aromatic rings. The lowest BCUT2D eigenvalue weighted by molar-refractivity contribution is 0.0991. The SMILES string of the molecule is CN[C@H]1CCN(c2ncc(N3Cc4cn(-c5ccc(Cl)cc5)nc4C3=O)cc2C)C1. The minimum atomic E-state index is -0.0944. The molecule has 0 bridgehead atoms. The molecule has 1 saturated heterocycles. The zero-order valence-electron chi connectivity index (χ0n) is 17.0. The van der Waals surface area contributed by atoms with Crippen LogP contribution in [0.25, 0.3) is 5.69 Å². The molecule has 0 unspecified atom stereocenters. The Morgan fingerprint density at radius 2 is 2.00 bits per heavy atom. The second-order valence-electron chi connectivity index (χ2n) is 7.87. The van der Waals surface area contributed by atoms with Crippen molar-refractivity contribution >= 4 is 29.0 Å². The minimum absolute atomic E-state index is 0.0944. The van der Waals surface area contributed by atoms with Crippen molar-refractivity contribution < 1.29 is 4.79 Å². The topological polar surface area (TPSA) is 66.3 Å². The zero-order valence-corrected chi connectivity index (χ0v) is 17.7. The third kappa shape index (κ3) is 3.24. The quantitative estimate of drug-likeness (QED) is 0.699. The largest absolute Gasteiger partial charge is 0.355 e. The molecule has 2 aromatic heterocycles. The first-order valence-corrected chi connectivity index (χ1v) is 10.5. The van der Waals surface area contributed by atoms with Crippen LogP contribution in [0.3, 0.4) is 0 Å². The van der Waals surface area contributed by atoms with Crippen LogP contribution in [-0.4, -0.2) is 46.9 Å². The summed E-state index contributed by atoms with van der Waals surface area (Å²) in [5.74, 6) is 0.900. The van der Waals surface area contributed by atoms with Crippen LogP contribution in [0.5, 0.6) is 0 Å². The average Bonchev–Trinajstić information content (AvgIpc) is 3.45. The molecule has 1 fully saturated rings. The molecule has 30 heavy (non-hydrogen) atoms. The molecule has 1 amide bonds. The maximum Gasteiger partial charge on any atom is 0.279 e. The van der Waals surface area contributed by atoms with Crippen LogP contribution in [-0.2, 0) is 6.54 Å². The number of halogens is 1. The third-order valence-electron chi connectivity index (χ3n) is 5.90. The van der Waals surface area contributed by atoms with Crippen LogP contribution in [0.15, 0.2) is 42.7 Å². The van der Waals surface area contributed by atoms with Gasteiger partial charge in [0.1, 0.15) is 5.82 Å². The van der Waals surface area contributed by atoms with Gasteiger partial charge < -0.3 is 15.1 Å². The van der Waals surface area contributed by atoms with E-state index in [1.54, 1.807) is 15.8 Å². The molecular formula is C22H23ClN6O. The Kier molecular flexibility index (Phi) is 4.72. The van der Waals surface area contributed by atoms with Crippen LogP contribution >= 0.6 is 11.6 Å². The highest BCUT2D eigenvalue weighted by atomic mass is 35.5. The Bertz CT molecular complexity index is 1110. The maximum absolute atomic E-state index is 13.0. The van der Waals surface area contributed by atoms with Crippen molar-refractivity contribution in [2.75, 3.05) is 29.9 Å². The molecule has 4 heterocycles. The van der Waals surface area contributed by atoms with Gasteiger partial charge in [-0.3, -0.25) is 4.79 Å². The highest BCUT2D eigenvalue weighted by Crippen LogP contribution is 2.31. The number of amides is 1. The Hall–Kier alpha value is -2.90. The molecule has 1 N–H and O–H groups in total. The van der Waals surface area contributed by atoms with Crippen molar-refractivity contribution in [3.63, 3.8) is 0 Å². The number of rotatable bonds is 4. The molecular weight excluding hydrogens is 400 g/mol. The number of hydrogen-bond acceptors (Lipinski definition) is 5. The van der Waals surface area contributed by atoms with Gasteiger partial charge in [-0.15, -0.1) is 0 Å². The first kappa shape index (κ1) is 19.1. The molecule has 1 aromatic carbocycles. The molecule has 2 aliphatic rings. The lowest BCUT2D eigenvalue weighted by Gasteiger charge is -2.22. The smallest absolute Gasteiger partial charge is 0.279 e. The van der Waals surface area contributed by atoms with Crippen LogP contribution < -0.4 is 15.1 Å². The van der Waals surface area contributed by atoms with Gasteiger partial charge in [0.15, 0.2) is 5.69 Å². The van der Waals surface area contributed by atoms with Gasteiger partial charge >= 0.3 is 0 Å². The van der Waals surface area contributed by atoms with E-state index in [2.05, 4.69) is 22.2 Å². The molecule has 0 aliphatic carbocycles. The Labute approximate surface area is 180 Å². The Morgan fingerprint density at radius 1 is 1.20 bits per heavy atom. The zero-order chi connectivity index (χ0) is 20.8. The molecule has 7 nitrogen and oxygen atoms in total. The Morgan fingerprint density at radius 3 is 2.67 bits per heavy atom. The summed E-state index contributed by atoms with van der Waals surface area (Å²) < 4.78 is 1.73. The monoisotopic (exact) mass is 422 g/mol. The van der Waals surface area contributed by atoms with Crippen LogP contribution in [0, 0.1) is 6.92 Å². The molecule has 2 aliphatic heterocycles. The number of nitrogens with one attached hydrogen (secondary N) is 1. The van der Waals surface area contributed by atoms with Crippen LogP contribution in [0.2, 0.25) is 5.02 Å². The van der Waals surface area contributed by atoms with Crippen molar-refractivity contribution in [3.05, 3.63) is 64.6 Å². The predicted octanol–water partition coefficient (Wildman–Crippen LogP) is 3.19. The summed E-state index contributed by atoms with van der Waals surface area (Å²) in [5.41, 5.74) is 4.16. The molecule has 8 heteroatoms. The summed E-state index contributed by atoms with van der Waals surface area (Å²) >= 11 is 5.96. The maximum atomic E-state index is 13.0. The van der Waals surface area contributed by atoms with E-state index in [-0.39, 0.29) is 5.91 Å². The number of anilines is 2.